The molecule has 1 N–H and O–H groups in total. The van der Waals surface area contributed by atoms with Gasteiger partial charge in [-0.1, -0.05) is 29.6 Å². The Morgan fingerprint density at radius 2 is 1.79 bits per heavy atom. The number of fused-ring (bicyclic) bond motifs is 1. The van der Waals surface area contributed by atoms with Crippen LogP contribution in [0.3, 0.4) is 0 Å². The zero-order valence-corrected chi connectivity index (χ0v) is 20.4. The van der Waals surface area contributed by atoms with E-state index in [0.717, 1.165) is 42.3 Å². The summed E-state index contributed by atoms with van der Waals surface area (Å²) >= 11 is 13.1. The standard InChI is InChI=1S/C24H24Cl2F3NO.CH2O2/c1-14-10-15(24(27,28)29)11-21-18(14)12-16(30(21)2)13-19-20(25)8-9-22(23(19)26)31-17-6-4-3-5-7-17;2-1-3/h8-12,17H,3-7,13H2,1-2H3;1H,(H,2,3). The summed E-state index contributed by atoms with van der Waals surface area (Å²) in [4.78, 5) is 8.36. The van der Waals surface area contributed by atoms with Gasteiger partial charge < -0.3 is 14.4 Å². The fraction of sp³-hybridized carbons (Fsp3) is 0.400. The van der Waals surface area contributed by atoms with E-state index in [0.29, 0.717) is 33.3 Å². The highest BCUT2D eigenvalue weighted by Crippen LogP contribution is 2.38. The molecule has 0 atom stereocenters. The van der Waals surface area contributed by atoms with Crippen LogP contribution in [-0.4, -0.2) is 22.2 Å². The highest BCUT2D eigenvalue weighted by molar-refractivity contribution is 6.37. The number of hydrogen-bond acceptors (Lipinski definition) is 2. The summed E-state index contributed by atoms with van der Waals surface area (Å²) in [6, 6.07) is 7.86. The maximum Gasteiger partial charge on any atom is 0.416 e. The highest BCUT2D eigenvalue weighted by Gasteiger charge is 2.31. The summed E-state index contributed by atoms with van der Waals surface area (Å²) in [6.45, 7) is 1.44. The van der Waals surface area contributed by atoms with Gasteiger partial charge >= 0.3 is 6.18 Å². The average Bonchev–Trinajstić information content (AvgIpc) is 3.10. The van der Waals surface area contributed by atoms with Crippen molar-refractivity contribution in [3.05, 3.63) is 62.8 Å². The summed E-state index contributed by atoms with van der Waals surface area (Å²) in [6.07, 6.45) is 1.72. The van der Waals surface area contributed by atoms with Crippen LogP contribution in [0.4, 0.5) is 13.2 Å². The molecule has 0 saturated heterocycles. The summed E-state index contributed by atoms with van der Waals surface area (Å²) in [5.41, 5.74) is 2.01. The number of rotatable bonds is 4. The van der Waals surface area contributed by atoms with Crippen LogP contribution in [0.1, 0.15) is 54.5 Å². The number of halogens is 5. The first-order valence-corrected chi connectivity index (χ1v) is 11.7. The van der Waals surface area contributed by atoms with Gasteiger partial charge in [0.25, 0.3) is 6.47 Å². The Morgan fingerprint density at radius 1 is 1.15 bits per heavy atom. The number of nitrogens with zero attached hydrogens (tertiary/aromatic N) is 1. The minimum Gasteiger partial charge on any atom is -0.489 e. The Morgan fingerprint density at radius 3 is 2.41 bits per heavy atom. The molecule has 3 aromatic rings. The Bertz CT molecular complexity index is 1170. The molecule has 184 valence electrons. The summed E-state index contributed by atoms with van der Waals surface area (Å²) < 4.78 is 47.7. The number of ether oxygens (including phenoxy) is 1. The maximum atomic E-state index is 13.3. The Kier molecular flexibility index (Phi) is 8.42. The smallest absolute Gasteiger partial charge is 0.416 e. The van der Waals surface area contributed by atoms with Gasteiger partial charge in [0.15, 0.2) is 0 Å². The number of hydrogen-bond donors (Lipinski definition) is 1. The van der Waals surface area contributed by atoms with E-state index >= 15 is 0 Å². The predicted molar refractivity (Wildman–Crippen MR) is 128 cm³/mol. The van der Waals surface area contributed by atoms with Crippen LogP contribution in [-0.2, 0) is 24.4 Å². The zero-order valence-electron chi connectivity index (χ0n) is 18.9. The molecule has 0 amide bonds. The molecule has 1 aromatic heterocycles. The molecule has 0 spiro atoms. The Balaban J connectivity index is 0.00000103. The molecule has 0 bridgehead atoms. The van der Waals surface area contributed by atoms with E-state index in [2.05, 4.69) is 0 Å². The third-order valence-corrected chi connectivity index (χ3v) is 6.92. The minimum atomic E-state index is -4.39. The van der Waals surface area contributed by atoms with Gasteiger partial charge in [-0.25, -0.2) is 0 Å². The van der Waals surface area contributed by atoms with Crippen LogP contribution in [0.5, 0.6) is 5.75 Å². The Labute approximate surface area is 206 Å². The maximum absolute atomic E-state index is 13.3. The van der Waals surface area contributed by atoms with E-state index in [1.54, 1.807) is 30.7 Å². The van der Waals surface area contributed by atoms with Gasteiger partial charge in [0.1, 0.15) is 5.75 Å². The SMILES string of the molecule is Cc1cc(C(F)(F)F)cc2c1cc(Cc1c(Cl)ccc(OC3CCCCC3)c1Cl)n2C.O=CO. The molecular weight excluding hydrogens is 490 g/mol. The van der Waals surface area contributed by atoms with Crippen molar-refractivity contribution in [3.8, 4) is 5.75 Å². The zero-order chi connectivity index (χ0) is 25.0. The van der Waals surface area contributed by atoms with Crippen LogP contribution >= 0.6 is 23.2 Å². The number of alkyl halides is 3. The van der Waals surface area contributed by atoms with E-state index in [1.807, 2.05) is 6.07 Å². The third kappa shape index (κ3) is 5.81. The van der Waals surface area contributed by atoms with Gasteiger partial charge in [0, 0.05) is 35.1 Å². The molecule has 4 nitrogen and oxygen atoms in total. The number of benzene rings is 2. The molecule has 1 aliphatic rings. The van der Waals surface area contributed by atoms with Crippen LogP contribution in [0, 0.1) is 6.92 Å². The van der Waals surface area contributed by atoms with E-state index < -0.39 is 11.7 Å². The third-order valence-electron chi connectivity index (χ3n) is 6.15. The van der Waals surface area contributed by atoms with Crippen LogP contribution in [0.15, 0.2) is 30.3 Å². The molecule has 0 aliphatic heterocycles. The summed E-state index contributed by atoms with van der Waals surface area (Å²) in [5.74, 6) is 0.613. The quantitative estimate of drug-likeness (QED) is 0.360. The second-order valence-corrected chi connectivity index (χ2v) is 9.20. The fourth-order valence-electron chi connectivity index (χ4n) is 4.37. The van der Waals surface area contributed by atoms with Crippen molar-refractivity contribution in [1.29, 1.82) is 0 Å². The normalized spacial score (nSPS) is 14.6. The fourth-order valence-corrected chi connectivity index (χ4v) is 4.92. The van der Waals surface area contributed by atoms with E-state index in [1.165, 1.54) is 18.6 Å². The number of carbonyl (C=O) groups is 1. The van der Waals surface area contributed by atoms with Crippen LogP contribution in [0.25, 0.3) is 10.9 Å². The molecule has 4 rings (SSSR count). The van der Waals surface area contributed by atoms with Crippen LogP contribution in [0.2, 0.25) is 10.0 Å². The van der Waals surface area contributed by atoms with E-state index in [4.69, 9.17) is 37.8 Å². The van der Waals surface area contributed by atoms with Gasteiger partial charge in [-0.15, -0.1) is 0 Å². The van der Waals surface area contributed by atoms with Crippen molar-refractivity contribution < 1.29 is 27.8 Å². The molecular formula is C25H26Cl2F3NO3. The molecule has 2 aromatic carbocycles. The average molecular weight is 516 g/mol. The molecule has 1 fully saturated rings. The van der Waals surface area contributed by atoms with Gasteiger partial charge in [-0.2, -0.15) is 13.2 Å². The first-order chi connectivity index (χ1) is 16.1. The van der Waals surface area contributed by atoms with E-state index in [-0.39, 0.29) is 12.6 Å². The van der Waals surface area contributed by atoms with Crippen molar-refractivity contribution in [2.45, 2.75) is 57.7 Å². The number of aromatic nitrogens is 1. The molecule has 0 unspecified atom stereocenters. The second-order valence-electron chi connectivity index (χ2n) is 8.42. The molecule has 1 heterocycles. The van der Waals surface area contributed by atoms with Crippen molar-refractivity contribution in [1.82, 2.24) is 4.57 Å². The van der Waals surface area contributed by atoms with Crippen molar-refractivity contribution in [3.63, 3.8) is 0 Å². The topological polar surface area (TPSA) is 51.5 Å². The second kappa shape index (κ2) is 10.9. The highest BCUT2D eigenvalue weighted by atomic mass is 35.5. The van der Waals surface area contributed by atoms with Crippen molar-refractivity contribution >= 4 is 40.6 Å². The van der Waals surface area contributed by atoms with E-state index in [9.17, 15) is 13.2 Å². The monoisotopic (exact) mass is 515 g/mol. The molecule has 1 saturated carbocycles. The molecule has 0 radical (unpaired) electrons. The first-order valence-electron chi connectivity index (χ1n) is 10.9. The van der Waals surface area contributed by atoms with Crippen molar-refractivity contribution in [2.75, 3.05) is 0 Å². The number of carboxylic acid groups (broad SMARTS) is 1. The predicted octanol–water partition coefficient (Wildman–Crippen LogP) is 7.82. The number of aryl methyl sites for hydroxylation is 2. The Hall–Kier alpha value is -2.38. The largest absolute Gasteiger partial charge is 0.489 e. The summed E-state index contributed by atoms with van der Waals surface area (Å²) in [7, 11) is 1.77. The lowest BCUT2D eigenvalue weighted by molar-refractivity contribution is -0.137. The first kappa shape index (κ1) is 26.2. The van der Waals surface area contributed by atoms with Crippen LogP contribution < -0.4 is 4.74 Å². The van der Waals surface area contributed by atoms with Gasteiger partial charge in [0.2, 0.25) is 0 Å². The van der Waals surface area contributed by atoms with Gasteiger partial charge in [-0.3, -0.25) is 4.79 Å². The lowest BCUT2D eigenvalue weighted by atomic mass is 9.98. The molecule has 34 heavy (non-hydrogen) atoms. The molecule has 1 aliphatic carbocycles. The summed E-state index contributed by atoms with van der Waals surface area (Å²) in [5, 5.41) is 8.65. The van der Waals surface area contributed by atoms with Gasteiger partial charge in [0.05, 0.1) is 16.7 Å². The lowest BCUT2D eigenvalue weighted by Crippen LogP contribution is -2.20. The van der Waals surface area contributed by atoms with Crippen molar-refractivity contribution in [2.24, 2.45) is 7.05 Å². The lowest BCUT2D eigenvalue weighted by Gasteiger charge is -2.24. The molecule has 9 heteroatoms. The minimum absolute atomic E-state index is 0.154. The van der Waals surface area contributed by atoms with Gasteiger partial charge in [-0.05, 0) is 74.1 Å².